The summed E-state index contributed by atoms with van der Waals surface area (Å²) in [6, 6.07) is 18.5. The summed E-state index contributed by atoms with van der Waals surface area (Å²) in [5.74, 6) is 0.0347. The Morgan fingerprint density at radius 3 is 2.26 bits per heavy atom. The molecule has 2 aromatic carbocycles. The zero-order chi connectivity index (χ0) is 13.5. The molecule has 0 unspecified atom stereocenters. The van der Waals surface area contributed by atoms with E-state index in [4.69, 9.17) is 5.11 Å². The van der Waals surface area contributed by atoms with E-state index in [1.807, 2.05) is 30.5 Å². The largest absolute Gasteiger partial charge is 0.507 e. The van der Waals surface area contributed by atoms with Crippen LogP contribution in [0, 0.1) is 0 Å². The molecule has 0 radical (unpaired) electrons. The van der Waals surface area contributed by atoms with E-state index in [1.54, 1.807) is 18.2 Å². The molecule has 3 heteroatoms. The lowest BCUT2D eigenvalue weighted by Crippen LogP contribution is -1.77. The standard InChI is InChI=1S/C9H7N.C7H6O2/c1-2-6-9-8(4-1)5-3-7-10-9;8-5-6-3-1-2-4-7(6)9/h1-7H;1-5,9H. The van der Waals surface area contributed by atoms with Gasteiger partial charge in [-0.05, 0) is 24.3 Å². The lowest BCUT2D eigenvalue weighted by molar-refractivity contribution is 0.112. The molecule has 0 fully saturated rings. The Balaban J connectivity index is 0.000000141. The van der Waals surface area contributed by atoms with E-state index in [0.717, 1.165) is 5.52 Å². The maximum Gasteiger partial charge on any atom is 0.153 e. The Labute approximate surface area is 111 Å². The third-order valence-corrected chi connectivity index (χ3v) is 2.58. The van der Waals surface area contributed by atoms with E-state index >= 15 is 0 Å². The van der Waals surface area contributed by atoms with Crippen molar-refractivity contribution in [3.63, 3.8) is 0 Å². The number of aldehydes is 1. The molecule has 3 nitrogen and oxygen atoms in total. The van der Waals surface area contributed by atoms with E-state index in [0.29, 0.717) is 11.8 Å². The lowest BCUT2D eigenvalue weighted by atomic mass is 10.2. The maximum absolute atomic E-state index is 10.1. The Kier molecular flexibility index (Phi) is 4.24. The molecular formula is C16H13NO2. The number of phenols is 1. The molecule has 0 amide bonds. The number of hydrogen-bond donors (Lipinski definition) is 1. The van der Waals surface area contributed by atoms with Crippen LogP contribution in [0.4, 0.5) is 0 Å². The fraction of sp³-hybridized carbons (Fsp3) is 0. The van der Waals surface area contributed by atoms with Crippen LogP contribution < -0.4 is 0 Å². The van der Waals surface area contributed by atoms with E-state index in [2.05, 4.69) is 17.1 Å². The van der Waals surface area contributed by atoms with Crippen LogP contribution in [0.1, 0.15) is 10.4 Å². The smallest absolute Gasteiger partial charge is 0.153 e. The quantitative estimate of drug-likeness (QED) is 0.674. The van der Waals surface area contributed by atoms with Crippen LogP contribution in [0.3, 0.4) is 0 Å². The molecule has 19 heavy (non-hydrogen) atoms. The summed E-state index contributed by atoms with van der Waals surface area (Å²) in [5, 5.41) is 10.1. The number of aromatic hydroxyl groups is 1. The van der Waals surface area contributed by atoms with Crippen LogP contribution in [-0.4, -0.2) is 16.4 Å². The van der Waals surface area contributed by atoms with Crippen LogP contribution in [-0.2, 0) is 0 Å². The molecule has 0 spiro atoms. The average Bonchev–Trinajstić information content (AvgIpc) is 2.49. The van der Waals surface area contributed by atoms with E-state index < -0.39 is 0 Å². The van der Waals surface area contributed by atoms with Gasteiger partial charge in [-0.2, -0.15) is 0 Å². The first-order chi connectivity index (χ1) is 9.31. The van der Waals surface area contributed by atoms with Gasteiger partial charge in [0.1, 0.15) is 5.75 Å². The first-order valence-corrected chi connectivity index (χ1v) is 5.84. The van der Waals surface area contributed by atoms with Crippen molar-refractivity contribution in [1.29, 1.82) is 0 Å². The van der Waals surface area contributed by atoms with Crippen molar-refractivity contribution in [3.05, 3.63) is 72.4 Å². The molecule has 0 aliphatic heterocycles. The highest BCUT2D eigenvalue weighted by Gasteiger charge is 1.93. The average molecular weight is 251 g/mol. The van der Waals surface area contributed by atoms with Crippen molar-refractivity contribution in [2.24, 2.45) is 0 Å². The van der Waals surface area contributed by atoms with Gasteiger partial charge in [0, 0.05) is 11.6 Å². The number of pyridine rings is 1. The summed E-state index contributed by atoms with van der Waals surface area (Å²) >= 11 is 0. The van der Waals surface area contributed by atoms with Gasteiger partial charge < -0.3 is 5.11 Å². The number of phenolic OH excluding ortho intramolecular Hbond substituents is 1. The summed E-state index contributed by atoms with van der Waals surface area (Å²) < 4.78 is 0. The topological polar surface area (TPSA) is 50.2 Å². The Morgan fingerprint density at radius 2 is 1.58 bits per heavy atom. The summed E-state index contributed by atoms with van der Waals surface area (Å²) in [4.78, 5) is 14.2. The van der Waals surface area contributed by atoms with Gasteiger partial charge in [0.2, 0.25) is 0 Å². The minimum Gasteiger partial charge on any atom is -0.507 e. The maximum atomic E-state index is 10.1. The molecule has 3 aromatic rings. The fourth-order valence-electron chi connectivity index (χ4n) is 1.60. The van der Waals surface area contributed by atoms with Gasteiger partial charge in [0.05, 0.1) is 11.1 Å². The number of carbonyl (C=O) groups is 1. The number of carbonyl (C=O) groups excluding carboxylic acids is 1. The molecule has 1 heterocycles. The third kappa shape index (κ3) is 3.39. The first-order valence-electron chi connectivity index (χ1n) is 5.84. The molecule has 0 aliphatic rings. The number of para-hydroxylation sites is 2. The van der Waals surface area contributed by atoms with Gasteiger partial charge >= 0.3 is 0 Å². The highest BCUT2D eigenvalue weighted by Crippen LogP contribution is 2.11. The second-order valence-corrected chi connectivity index (χ2v) is 3.87. The van der Waals surface area contributed by atoms with Crippen molar-refractivity contribution in [2.75, 3.05) is 0 Å². The van der Waals surface area contributed by atoms with E-state index in [-0.39, 0.29) is 5.75 Å². The Morgan fingerprint density at radius 1 is 0.895 bits per heavy atom. The molecule has 94 valence electrons. The number of aromatic nitrogens is 1. The van der Waals surface area contributed by atoms with Crippen molar-refractivity contribution >= 4 is 17.2 Å². The monoisotopic (exact) mass is 251 g/mol. The molecule has 0 atom stereocenters. The Hall–Kier alpha value is -2.68. The van der Waals surface area contributed by atoms with Crippen molar-refractivity contribution in [2.45, 2.75) is 0 Å². The summed E-state index contributed by atoms with van der Waals surface area (Å²) in [7, 11) is 0. The number of nitrogens with zero attached hydrogens (tertiary/aromatic N) is 1. The second kappa shape index (κ2) is 6.31. The highest BCUT2D eigenvalue weighted by atomic mass is 16.3. The molecule has 0 bridgehead atoms. The molecule has 0 saturated carbocycles. The zero-order valence-electron chi connectivity index (χ0n) is 10.2. The molecule has 1 N–H and O–H groups in total. The predicted octanol–water partition coefficient (Wildman–Crippen LogP) is 3.44. The molecular weight excluding hydrogens is 238 g/mol. The molecule has 0 aliphatic carbocycles. The van der Waals surface area contributed by atoms with Gasteiger partial charge in [-0.25, -0.2) is 0 Å². The second-order valence-electron chi connectivity index (χ2n) is 3.87. The van der Waals surface area contributed by atoms with Gasteiger partial charge in [-0.3, -0.25) is 9.78 Å². The van der Waals surface area contributed by atoms with Gasteiger partial charge in [0.15, 0.2) is 6.29 Å². The summed E-state index contributed by atoms with van der Waals surface area (Å²) in [6.45, 7) is 0. The van der Waals surface area contributed by atoms with Gasteiger partial charge in [-0.15, -0.1) is 0 Å². The minimum atomic E-state index is 0.0347. The molecule has 1 aromatic heterocycles. The lowest BCUT2D eigenvalue weighted by Gasteiger charge is -1.91. The van der Waals surface area contributed by atoms with Crippen LogP contribution in [0.15, 0.2) is 66.9 Å². The predicted molar refractivity (Wildman–Crippen MR) is 75.2 cm³/mol. The van der Waals surface area contributed by atoms with Crippen LogP contribution in [0.2, 0.25) is 0 Å². The van der Waals surface area contributed by atoms with Crippen molar-refractivity contribution in [3.8, 4) is 5.75 Å². The first kappa shape index (κ1) is 12.8. The van der Waals surface area contributed by atoms with Crippen molar-refractivity contribution in [1.82, 2.24) is 4.98 Å². The van der Waals surface area contributed by atoms with Crippen LogP contribution >= 0.6 is 0 Å². The highest BCUT2D eigenvalue weighted by molar-refractivity contribution is 5.78. The summed E-state index contributed by atoms with van der Waals surface area (Å²) in [6.07, 6.45) is 2.43. The van der Waals surface area contributed by atoms with Gasteiger partial charge in [0.25, 0.3) is 0 Å². The zero-order valence-corrected chi connectivity index (χ0v) is 10.2. The van der Waals surface area contributed by atoms with Gasteiger partial charge in [-0.1, -0.05) is 36.4 Å². The third-order valence-electron chi connectivity index (χ3n) is 2.58. The number of benzene rings is 2. The SMILES string of the molecule is O=Cc1ccccc1O.c1ccc2ncccc2c1. The van der Waals surface area contributed by atoms with E-state index in [1.165, 1.54) is 11.5 Å². The van der Waals surface area contributed by atoms with Crippen LogP contribution in [0.5, 0.6) is 5.75 Å². The number of rotatable bonds is 1. The fourth-order valence-corrected chi connectivity index (χ4v) is 1.60. The Bertz CT molecular complexity index is 615. The van der Waals surface area contributed by atoms with E-state index in [9.17, 15) is 4.79 Å². The molecule has 3 rings (SSSR count). The van der Waals surface area contributed by atoms with Crippen LogP contribution in [0.25, 0.3) is 10.9 Å². The number of fused-ring (bicyclic) bond motifs is 1. The minimum absolute atomic E-state index is 0.0347. The normalized spacial score (nSPS) is 9.47. The molecule has 0 saturated heterocycles. The summed E-state index contributed by atoms with van der Waals surface area (Å²) in [5.41, 5.74) is 1.39. The number of hydrogen-bond acceptors (Lipinski definition) is 3. The van der Waals surface area contributed by atoms with Crippen molar-refractivity contribution < 1.29 is 9.90 Å².